The predicted molar refractivity (Wildman–Crippen MR) is 85.4 cm³/mol. The predicted octanol–water partition coefficient (Wildman–Crippen LogP) is 3.01. The number of carbonyl (C=O) groups is 1. The van der Waals surface area contributed by atoms with Gasteiger partial charge >= 0.3 is 0 Å². The van der Waals surface area contributed by atoms with Gasteiger partial charge in [-0.15, -0.1) is 11.8 Å². The van der Waals surface area contributed by atoms with Crippen molar-refractivity contribution in [3.05, 3.63) is 29.8 Å². The molecule has 1 amide bonds. The van der Waals surface area contributed by atoms with Crippen molar-refractivity contribution in [3.8, 4) is 0 Å². The van der Waals surface area contributed by atoms with Gasteiger partial charge in [0.25, 0.3) is 5.91 Å². The van der Waals surface area contributed by atoms with Gasteiger partial charge in [-0.2, -0.15) is 0 Å². The summed E-state index contributed by atoms with van der Waals surface area (Å²) < 4.78 is 0. The molecule has 3 nitrogen and oxygen atoms in total. The lowest BCUT2D eigenvalue weighted by Gasteiger charge is -2.29. The van der Waals surface area contributed by atoms with E-state index in [-0.39, 0.29) is 11.9 Å². The van der Waals surface area contributed by atoms with Crippen LogP contribution < -0.4 is 5.32 Å². The molecule has 1 unspecified atom stereocenters. The molecule has 1 N–H and O–H groups in total. The first kappa shape index (κ1) is 15.4. The molecule has 20 heavy (non-hydrogen) atoms. The maximum absolute atomic E-state index is 12.7. The number of hydrogen-bond acceptors (Lipinski definition) is 3. The van der Waals surface area contributed by atoms with E-state index >= 15 is 0 Å². The summed E-state index contributed by atoms with van der Waals surface area (Å²) in [6, 6.07) is 8.59. The van der Waals surface area contributed by atoms with E-state index in [0.29, 0.717) is 6.04 Å². The third kappa shape index (κ3) is 3.76. The minimum atomic E-state index is 0.140. The van der Waals surface area contributed by atoms with Crippen LogP contribution in [-0.2, 0) is 0 Å². The number of benzene rings is 1. The van der Waals surface area contributed by atoms with Crippen LogP contribution in [0.25, 0.3) is 0 Å². The number of thioether (sulfide) groups is 1. The first-order chi connectivity index (χ1) is 9.61. The van der Waals surface area contributed by atoms with Gasteiger partial charge in [0.2, 0.25) is 0 Å². The zero-order valence-corrected chi connectivity index (χ0v) is 13.4. The Morgan fingerprint density at radius 1 is 1.40 bits per heavy atom. The van der Waals surface area contributed by atoms with Crippen LogP contribution in [-0.4, -0.2) is 42.2 Å². The van der Waals surface area contributed by atoms with Crippen LogP contribution in [0.3, 0.4) is 0 Å². The Morgan fingerprint density at radius 2 is 2.10 bits per heavy atom. The first-order valence-electron chi connectivity index (χ1n) is 7.30. The van der Waals surface area contributed by atoms with Crippen LogP contribution in [0.4, 0.5) is 0 Å². The van der Waals surface area contributed by atoms with Gasteiger partial charge in [0.15, 0.2) is 0 Å². The average molecular weight is 292 g/mol. The Bertz CT molecular complexity index is 438. The van der Waals surface area contributed by atoms with Crippen LogP contribution in [0.15, 0.2) is 29.2 Å². The summed E-state index contributed by atoms with van der Waals surface area (Å²) in [5, 5.41) is 3.47. The zero-order chi connectivity index (χ0) is 14.5. The summed E-state index contributed by atoms with van der Waals surface area (Å²) in [6.07, 6.45) is 4.43. The molecular formula is C16H24N2OS. The largest absolute Gasteiger partial charge is 0.335 e. The highest BCUT2D eigenvalue weighted by Gasteiger charge is 2.24. The molecule has 1 heterocycles. The van der Waals surface area contributed by atoms with E-state index in [1.54, 1.807) is 11.8 Å². The minimum absolute atomic E-state index is 0.140. The van der Waals surface area contributed by atoms with Crippen molar-refractivity contribution in [2.24, 2.45) is 0 Å². The van der Waals surface area contributed by atoms with Crippen molar-refractivity contribution < 1.29 is 4.79 Å². The second kappa shape index (κ2) is 7.14. The van der Waals surface area contributed by atoms with Crippen molar-refractivity contribution >= 4 is 17.7 Å². The van der Waals surface area contributed by atoms with Crippen LogP contribution in [0.1, 0.15) is 37.0 Å². The molecule has 1 aliphatic rings. The molecule has 1 aliphatic heterocycles. The van der Waals surface area contributed by atoms with E-state index in [1.165, 1.54) is 17.7 Å². The molecule has 1 aromatic carbocycles. The van der Waals surface area contributed by atoms with Gasteiger partial charge < -0.3 is 10.2 Å². The molecule has 1 aromatic rings. The fourth-order valence-corrected chi connectivity index (χ4v) is 2.99. The lowest BCUT2D eigenvalue weighted by Crippen LogP contribution is -2.44. The summed E-state index contributed by atoms with van der Waals surface area (Å²) in [7, 11) is 0. The lowest BCUT2D eigenvalue weighted by molar-refractivity contribution is 0.0689. The maximum Gasteiger partial charge on any atom is 0.254 e. The van der Waals surface area contributed by atoms with E-state index < -0.39 is 0 Å². The molecule has 110 valence electrons. The zero-order valence-electron chi connectivity index (χ0n) is 12.6. The van der Waals surface area contributed by atoms with Crippen molar-refractivity contribution in [1.29, 1.82) is 0 Å². The standard InChI is InChI=1S/C16H24N2OS/c1-12(2)18(11-14-5-4-10-17-14)16(19)13-6-8-15(20-3)9-7-13/h6-9,12,14,17H,4-5,10-11H2,1-3H3. The number of rotatable bonds is 5. The average Bonchev–Trinajstić information content (AvgIpc) is 2.97. The maximum atomic E-state index is 12.7. The molecule has 1 saturated heterocycles. The van der Waals surface area contributed by atoms with E-state index in [0.717, 1.165) is 18.7 Å². The number of carbonyl (C=O) groups excluding carboxylic acids is 1. The number of nitrogens with one attached hydrogen (secondary N) is 1. The molecular weight excluding hydrogens is 268 g/mol. The molecule has 4 heteroatoms. The third-order valence-electron chi connectivity index (χ3n) is 3.80. The fourth-order valence-electron chi connectivity index (χ4n) is 2.58. The molecule has 0 spiro atoms. The van der Waals surface area contributed by atoms with Crippen molar-refractivity contribution in [3.63, 3.8) is 0 Å². The van der Waals surface area contributed by atoms with Gasteiger partial charge in [0.05, 0.1) is 0 Å². The van der Waals surface area contributed by atoms with Crippen LogP contribution in [0.2, 0.25) is 0 Å². The Morgan fingerprint density at radius 3 is 2.60 bits per heavy atom. The van der Waals surface area contributed by atoms with E-state index in [4.69, 9.17) is 0 Å². The number of nitrogens with zero attached hydrogens (tertiary/aromatic N) is 1. The highest BCUT2D eigenvalue weighted by atomic mass is 32.2. The Hall–Kier alpha value is -1.00. The molecule has 0 aromatic heterocycles. The second-order valence-corrected chi connectivity index (χ2v) is 6.45. The summed E-state index contributed by atoms with van der Waals surface area (Å²) in [6.45, 7) is 6.06. The van der Waals surface area contributed by atoms with E-state index in [2.05, 4.69) is 19.2 Å². The molecule has 1 fully saturated rings. The molecule has 1 atom stereocenters. The topological polar surface area (TPSA) is 32.3 Å². The summed E-state index contributed by atoms with van der Waals surface area (Å²) in [5.41, 5.74) is 0.787. The summed E-state index contributed by atoms with van der Waals surface area (Å²) in [5.74, 6) is 0.140. The highest BCUT2D eigenvalue weighted by molar-refractivity contribution is 7.98. The number of hydrogen-bond donors (Lipinski definition) is 1. The van der Waals surface area contributed by atoms with Gasteiger partial charge in [0, 0.05) is 29.1 Å². The Kier molecular flexibility index (Phi) is 5.49. The van der Waals surface area contributed by atoms with Gasteiger partial charge in [-0.25, -0.2) is 0 Å². The molecule has 0 aliphatic carbocycles. The minimum Gasteiger partial charge on any atom is -0.335 e. The highest BCUT2D eigenvalue weighted by Crippen LogP contribution is 2.17. The summed E-state index contributed by atoms with van der Waals surface area (Å²) in [4.78, 5) is 15.8. The van der Waals surface area contributed by atoms with Gasteiger partial charge in [-0.1, -0.05) is 0 Å². The fraction of sp³-hybridized carbons (Fsp3) is 0.562. The van der Waals surface area contributed by atoms with Crippen molar-refractivity contribution in [1.82, 2.24) is 10.2 Å². The monoisotopic (exact) mass is 292 g/mol. The molecule has 2 rings (SSSR count). The Balaban J connectivity index is 2.08. The van der Waals surface area contributed by atoms with Crippen molar-refractivity contribution in [2.45, 2.75) is 43.7 Å². The lowest BCUT2D eigenvalue weighted by atomic mass is 10.1. The smallest absolute Gasteiger partial charge is 0.254 e. The van der Waals surface area contributed by atoms with Crippen LogP contribution >= 0.6 is 11.8 Å². The Labute approximate surface area is 126 Å². The van der Waals surface area contributed by atoms with Crippen molar-refractivity contribution in [2.75, 3.05) is 19.3 Å². The van der Waals surface area contributed by atoms with Gasteiger partial charge in [-0.3, -0.25) is 4.79 Å². The SMILES string of the molecule is CSc1ccc(C(=O)N(CC2CCCN2)C(C)C)cc1. The second-order valence-electron chi connectivity index (χ2n) is 5.57. The summed E-state index contributed by atoms with van der Waals surface area (Å²) >= 11 is 1.70. The number of amides is 1. The first-order valence-corrected chi connectivity index (χ1v) is 8.52. The van der Waals surface area contributed by atoms with Gasteiger partial charge in [0.1, 0.15) is 0 Å². The van der Waals surface area contributed by atoms with Crippen LogP contribution in [0, 0.1) is 0 Å². The molecule has 0 saturated carbocycles. The van der Waals surface area contributed by atoms with Crippen LogP contribution in [0.5, 0.6) is 0 Å². The third-order valence-corrected chi connectivity index (χ3v) is 4.54. The van der Waals surface area contributed by atoms with E-state index in [9.17, 15) is 4.79 Å². The normalized spacial score (nSPS) is 18.5. The van der Waals surface area contributed by atoms with E-state index in [1.807, 2.05) is 35.4 Å². The molecule has 0 bridgehead atoms. The quantitative estimate of drug-likeness (QED) is 0.847. The van der Waals surface area contributed by atoms with Gasteiger partial charge in [-0.05, 0) is 63.8 Å². The molecule has 0 radical (unpaired) electrons.